The first kappa shape index (κ1) is 23.2. The molecule has 2 rings (SSSR count). The van der Waals surface area contributed by atoms with Gasteiger partial charge < -0.3 is 15.4 Å². The summed E-state index contributed by atoms with van der Waals surface area (Å²) in [6.07, 6.45) is 0. The van der Waals surface area contributed by atoms with Crippen molar-refractivity contribution in [2.45, 2.75) is 6.92 Å². The minimum Gasteiger partial charge on any atom is -0.454 e. The molecule has 0 unspecified atom stereocenters. The molecule has 0 heterocycles. The van der Waals surface area contributed by atoms with Gasteiger partial charge in [-0.3, -0.25) is 34.6 Å². The Bertz CT molecular complexity index is 1070. The average molecular weight is 451 g/mol. The molecule has 0 aromatic heterocycles. The molecule has 2 amide bonds. The molecule has 0 bridgehead atoms. The highest BCUT2D eigenvalue weighted by Crippen LogP contribution is 2.27. The predicted molar refractivity (Wildman–Crippen MR) is 108 cm³/mol. The van der Waals surface area contributed by atoms with Gasteiger partial charge in [-0.05, 0) is 24.6 Å². The molecule has 0 spiro atoms. The first-order chi connectivity index (χ1) is 14.6. The normalized spacial score (nSPS) is 10.1. The summed E-state index contributed by atoms with van der Waals surface area (Å²) in [5, 5.41) is 26.3. The third-order valence-electron chi connectivity index (χ3n) is 3.87. The van der Waals surface area contributed by atoms with E-state index in [1.165, 1.54) is 24.3 Å². The molecule has 0 radical (unpaired) electrons. The first-order valence-corrected chi connectivity index (χ1v) is 8.89. The van der Waals surface area contributed by atoms with Crippen LogP contribution in [0.5, 0.6) is 0 Å². The SMILES string of the molecule is Cc1cccc([N+](=O)[O-])c1NC(=O)COC(=O)CNC(=O)c1ccc(Cl)c([N+](=O)[O-])c1. The fourth-order valence-corrected chi connectivity index (χ4v) is 2.57. The van der Waals surface area contributed by atoms with Crippen LogP contribution in [0.25, 0.3) is 0 Å². The van der Waals surface area contributed by atoms with Crippen LogP contribution < -0.4 is 10.6 Å². The maximum Gasteiger partial charge on any atom is 0.325 e. The lowest BCUT2D eigenvalue weighted by atomic mass is 10.1. The van der Waals surface area contributed by atoms with Crippen molar-refractivity contribution in [1.29, 1.82) is 0 Å². The first-order valence-electron chi connectivity index (χ1n) is 8.51. The Labute approximate surface area is 179 Å². The number of benzene rings is 2. The van der Waals surface area contributed by atoms with Gasteiger partial charge in [0.05, 0.1) is 9.85 Å². The second-order valence-corrected chi connectivity index (χ2v) is 6.45. The van der Waals surface area contributed by atoms with Crippen LogP contribution in [0.1, 0.15) is 15.9 Å². The summed E-state index contributed by atoms with van der Waals surface area (Å²) >= 11 is 5.67. The zero-order chi connectivity index (χ0) is 23.1. The molecule has 0 aliphatic rings. The number of nitro benzene ring substituents is 2. The van der Waals surface area contributed by atoms with Gasteiger partial charge in [0.2, 0.25) is 0 Å². The number of halogens is 1. The average Bonchev–Trinajstić information content (AvgIpc) is 2.71. The topological polar surface area (TPSA) is 171 Å². The molecule has 0 saturated heterocycles. The summed E-state index contributed by atoms with van der Waals surface area (Å²) < 4.78 is 4.72. The van der Waals surface area contributed by atoms with Crippen LogP contribution in [0, 0.1) is 27.2 Å². The summed E-state index contributed by atoms with van der Waals surface area (Å²) in [6, 6.07) is 7.59. The third-order valence-corrected chi connectivity index (χ3v) is 4.19. The Balaban J connectivity index is 1.88. The number of carbonyl (C=O) groups is 3. The summed E-state index contributed by atoms with van der Waals surface area (Å²) in [5.41, 5.74) is -0.472. The van der Waals surface area contributed by atoms with E-state index in [1.54, 1.807) is 13.0 Å². The molecule has 2 aromatic carbocycles. The number of nitrogens with one attached hydrogen (secondary N) is 2. The van der Waals surface area contributed by atoms with E-state index in [0.717, 1.165) is 6.07 Å². The second-order valence-electron chi connectivity index (χ2n) is 6.04. The molecule has 2 aromatic rings. The van der Waals surface area contributed by atoms with Crippen molar-refractivity contribution in [3.8, 4) is 0 Å². The van der Waals surface area contributed by atoms with Crippen LogP contribution in [0.2, 0.25) is 5.02 Å². The zero-order valence-electron chi connectivity index (χ0n) is 15.9. The Kier molecular flexibility index (Phi) is 7.58. The van der Waals surface area contributed by atoms with Crippen molar-refractivity contribution in [3.05, 3.63) is 72.8 Å². The van der Waals surface area contributed by atoms with E-state index in [1.807, 2.05) is 0 Å². The number of para-hydroxylation sites is 1. The van der Waals surface area contributed by atoms with Crippen LogP contribution in [0.3, 0.4) is 0 Å². The summed E-state index contributed by atoms with van der Waals surface area (Å²) in [6.45, 7) is 0.199. The van der Waals surface area contributed by atoms with Crippen molar-refractivity contribution >= 4 is 46.4 Å². The van der Waals surface area contributed by atoms with E-state index < -0.39 is 46.5 Å². The van der Waals surface area contributed by atoms with E-state index in [9.17, 15) is 34.6 Å². The minimum atomic E-state index is -0.966. The van der Waals surface area contributed by atoms with Crippen molar-refractivity contribution in [3.63, 3.8) is 0 Å². The van der Waals surface area contributed by atoms with Crippen molar-refractivity contribution in [2.24, 2.45) is 0 Å². The third kappa shape index (κ3) is 6.21. The lowest BCUT2D eigenvalue weighted by Gasteiger charge is -2.10. The van der Waals surface area contributed by atoms with Gasteiger partial charge in [0.1, 0.15) is 17.3 Å². The fourth-order valence-electron chi connectivity index (χ4n) is 2.39. The summed E-state index contributed by atoms with van der Waals surface area (Å²) in [4.78, 5) is 56.2. The summed E-state index contributed by atoms with van der Waals surface area (Å²) in [7, 11) is 0. The number of carbonyl (C=O) groups excluding carboxylic acids is 3. The van der Waals surface area contributed by atoms with E-state index in [2.05, 4.69) is 10.6 Å². The van der Waals surface area contributed by atoms with Gasteiger partial charge in [-0.2, -0.15) is 0 Å². The second kappa shape index (κ2) is 10.1. The lowest BCUT2D eigenvalue weighted by Crippen LogP contribution is -2.32. The lowest BCUT2D eigenvalue weighted by molar-refractivity contribution is -0.384. The maximum absolute atomic E-state index is 12.0. The minimum absolute atomic E-state index is 0.0221. The van der Waals surface area contributed by atoms with Crippen LogP contribution in [0.15, 0.2) is 36.4 Å². The Morgan fingerprint density at radius 2 is 1.74 bits per heavy atom. The number of rotatable bonds is 8. The molecule has 13 heteroatoms. The van der Waals surface area contributed by atoms with Crippen molar-refractivity contribution < 1.29 is 29.0 Å². The number of aryl methyl sites for hydroxylation is 1. The number of esters is 1. The smallest absolute Gasteiger partial charge is 0.325 e. The molecule has 0 fully saturated rings. The number of nitrogens with zero attached hydrogens (tertiary/aromatic N) is 2. The Morgan fingerprint density at radius 3 is 2.39 bits per heavy atom. The van der Waals surface area contributed by atoms with Gasteiger partial charge >= 0.3 is 5.97 Å². The molecular weight excluding hydrogens is 436 g/mol. The fraction of sp³-hybridized carbons (Fsp3) is 0.167. The zero-order valence-corrected chi connectivity index (χ0v) is 16.7. The molecule has 0 saturated carbocycles. The molecule has 162 valence electrons. The highest BCUT2D eigenvalue weighted by molar-refractivity contribution is 6.32. The molecule has 2 N–H and O–H groups in total. The Morgan fingerprint density at radius 1 is 1.06 bits per heavy atom. The number of amides is 2. The highest BCUT2D eigenvalue weighted by Gasteiger charge is 2.19. The van der Waals surface area contributed by atoms with E-state index in [4.69, 9.17) is 16.3 Å². The number of nitro groups is 2. The van der Waals surface area contributed by atoms with Crippen LogP contribution in [-0.2, 0) is 14.3 Å². The van der Waals surface area contributed by atoms with Gasteiger partial charge in [-0.25, -0.2) is 0 Å². The van der Waals surface area contributed by atoms with Gasteiger partial charge in [0, 0.05) is 17.7 Å². The van der Waals surface area contributed by atoms with Gasteiger partial charge in [-0.15, -0.1) is 0 Å². The van der Waals surface area contributed by atoms with E-state index in [0.29, 0.717) is 5.56 Å². The number of anilines is 1. The Hall–Kier alpha value is -4.06. The number of ether oxygens (including phenoxy) is 1. The highest BCUT2D eigenvalue weighted by atomic mass is 35.5. The molecular formula is C18H15ClN4O8. The number of hydrogen-bond donors (Lipinski definition) is 2. The predicted octanol–water partition coefficient (Wildman–Crippen LogP) is 2.38. The largest absolute Gasteiger partial charge is 0.454 e. The molecule has 31 heavy (non-hydrogen) atoms. The molecule has 12 nitrogen and oxygen atoms in total. The van der Waals surface area contributed by atoms with Gasteiger partial charge in [0.15, 0.2) is 6.61 Å². The quantitative estimate of drug-likeness (QED) is 0.350. The van der Waals surface area contributed by atoms with Crippen molar-refractivity contribution in [1.82, 2.24) is 5.32 Å². The van der Waals surface area contributed by atoms with Gasteiger partial charge in [-0.1, -0.05) is 23.7 Å². The molecule has 0 aliphatic carbocycles. The van der Waals surface area contributed by atoms with E-state index in [-0.39, 0.29) is 22.0 Å². The maximum atomic E-state index is 12.0. The summed E-state index contributed by atoms with van der Waals surface area (Å²) in [5.74, 6) is -2.58. The van der Waals surface area contributed by atoms with Crippen LogP contribution >= 0.6 is 11.6 Å². The molecule has 0 atom stereocenters. The molecule has 0 aliphatic heterocycles. The standard InChI is InChI=1S/C18H15ClN4O8/c1-10-3-2-4-13(22(27)28)17(10)21-15(24)9-31-16(25)8-20-18(26)11-5-6-12(19)14(7-11)23(29)30/h2-7H,8-9H2,1H3,(H,20,26)(H,21,24). The van der Waals surface area contributed by atoms with Crippen molar-refractivity contribution in [2.75, 3.05) is 18.5 Å². The number of hydrogen-bond acceptors (Lipinski definition) is 8. The van der Waals surface area contributed by atoms with Crippen LogP contribution in [0.4, 0.5) is 17.1 Å². The van der Waals surface area contributed by atoms with E-state index >= 15 is 0 Å². The monoisotopic (exact) mass is 450 g/mol. The van der Waals surface area contributed by atoms with Gasteiger partial charge in [0.25, 0.3) is 23.2 Å². The van der Waals surface area contributed by atoms with Crippen LogP contribution in [-0.4, -0.2) is 40.8 Å².